The number of nitrogens with zero attached hydrogens (tertiary/aromatic N) is 1. The normalized spacial score (nSPS) is 23.5. The zero-order valence-corrected chi connectivity index (χ0v) is 11.7. The molecule has 0 atom stereocenters. The van der Waals surface area contributed by atoms with Crippen molar-refractivity contribution in [3.05, 3.63) is 0 Å². The van der Waals surface area contributed by atoms with Gasteiger partial charge in [-0.1, -0.05) is 0 Å². The van der Waals surface area contributed by atoms with Crippen LogP contribution >= 0.6 is 24.8 Å². The average Bonchev–Trinajstić information content (AvgIpc) is 2.30. The first-order valence-electron chi connectivity index (χ1n) is 6.01. The molecule has 0 saturated carbocycles. The summed E-state index contributed by atoms with van der Waals surface area (Å²) in [6.07, 6.45) is 4.42. The Bertz CT molecular complexity index is 227. The molecule has 102 valence electrons. The van der Waals surface area contributed by atoms with Crippen LogP contribution in [0.5, 0.6) is 0 Å². The number of hydrogen-bond acceptors (Lipinski definition) is 3. The number of likely N-dealkylation sites (tertiary alicyclic amines) is 1. The second kappa shape index (κ2) is 8.14. The number of carbonyl (C=O) groups excluding carboxylic acids is 1. The minimum absolute atomic E-state index is 0. The Hall–Kier alpha value is -0.0300. The van der Waals surface area contributed by atoms with Gasteiger partial charge in [-0.3, -0.25) is 4.79 Å². The summed E-state index contributed by atoms with van der Waals surface area (Å²) in [4.78, 5) is 13.6. The Kier molecular flexibility index (Phi) is 8.12. The van der Waals surface area contributed by atoms with Crippen molar-refractivity contribution in [2.75, 3.05) is 26.2 Å². The lowest BCUT2D eigenvalue weighted by Gasteiger charge is -2.38. The smallest absolute Gasteiger partial charge is 0.220 e. The van der Waals surface area contributed by atoms with Gasteiger partial charge in [-0.2, -0.15) is 0 Å². The molecule has 2 fully saturated rings. The van der Waals surface area contributed by atoms with Gasteiger partial charge in [-0.15, -0.1) is 24.8 Å². The number of amides is 1. The molecule has 2 rings (SSSR count). The zero-order valence-electron chi connectivity index (χ0n) is 10.1. The van der Waals surface area contributed by atoms with Crippen molar-refractivity contribution in [2.24, 2.45) is 11.7 Å². The van der Waals surface area contributed by atoms with Crippen molar-refractivity contribution in [3.63, 3.8) is 0 Å². The van der Waals surface area contributed by atoms with Gasteiger partial charge in [0.25, 0.3) is 0 Å². The summed E-state index contributed by atoms with van der Waals surface area (Å²) in [6, 6.07) is 0.736. The van der Waals surface area contributed by atoms with Gasteiger partial charge in [0.2, 0.25) is 5.91 Å². The molecule has 0 aromatic rings. The molecular formula is C11H23Cl2N3O. The Balaban J connectivity index is 0.00000128. The zero-order chi connectivity index (χ0) is 10.7. The van der Waals surface area contributed by atoms with Crippen LogP contribution in [0, 0.1) is 5.92 Å². The van der Waals surface area contributed by atoms with Crippen molar-refractivity contribution >= 4 is 30.7 Å². The average molecular weight is 284 g/mol. The minimum atomic E-state index is -0.111. The highest BCUT2D eigenvalue weighted by Gasteiger charge is 2.27. The Morgan fingerprint density at radius 1 is 1.06 bits per heavy atom. The number of rotatable bonds is 2. The largest absolute Gasteiger partial charge is 0.369 e. The lowest BCUT2D eigenvalue weighted by Crippen LogP contribution is -2.47. The number of piperidine rings is 2. The standard InChI is InChI=1S/C11H21N3O.2ClH/c12-11(15)9-3-7-14(8-4-9)10-1-5-13-6-2-10;;/h9-10,13H,1-8H2,(H2,12,15);2*1H. The molecule has 17 heavy (non-hydrogen) atoms. The van der Waals surface area contributed by atoms with Crippen LogP contribution < -0.4 is 11.1 Å². The second-order valence-electron chi connectivity index (χ2n) is 4.69. The monoisotopic (exact) mass is 283 g/mol. The van der Waals surface area contributed by atoms with E-state index in [1.807, 2.05) is 0 Å². The molecule has 0 aromatic heterocycles. The van der Waals surface area contributed by atoms with E-state index in [1.165, 1.54) is 12.8 Å². The van der Waals surface area contributed by atoms with Gasteiger partial charge in [0.1, 0.15) is 0 Å². The van der Waals surface area contributed by atoms with E-state index in [1.54, 1.807) is 0 Å². The lowest BCUT2D eigenvalue weighted by atomic mass is 9.93. The molecule has 0 aromatic carbocycles. The summed E-state index contributed by atoms with van der Waals surface area (Å²) in [5.41, 5.74) is 5.32. The van der Waals surface area contributed by atoms with Gasteiger partial charge in [0, 0.05) is 12.0 Å². The fraction of sp³-hybridized carbons (Fsp3) is 0.909. The molecule has 0 aliphatic carbocycles. The van der Waals surface area contributed by atoms with Crippen LogP contribution in [0.1, 0.15) is 25.7 Å². The maximum Gasteiger partial charge on any atom is 0.220 e. The minimum Gasteiger partial charge on any atom is -0.369 e. The highest BCUT2D eigenvalue weighted by atomic mass is 35.5. The third-order valence-corrected chi connectivity index (χ3v) is 3.76. The van der Waals surface area contributed by atoms with E-state index in [2.05, 4.69) is 10.2 Å². The highest BCUT2D eigenvalue weighted by molar-refractivity contribution is 5.85. The highest BCUT2D eigenvalue weighted by Crippen LogP contribution is 2.21. The van der Waals surface area contributed by atoms with Crippen LogP contribution in [0.25, 0.3) is 0 Å². The van der Waals surface area contributed by atoms with E-state index in [0.717, 1.165) is 45.1 Å². The number of nitrogens with one attached hydrogen (secondary N) is 1. The molecule has 0 spiro atoms. The predicted octanol–water partition coefficient (Wildman–Crippen LogP) is 0.779. The molecule has 2 heterocycles. The molecule has 0 unspecified atom stereocenters. The number of primary amides is 1. The van der Waals surface area contributed by atoms with Gasteiger partial charge in [-0.25, -0.2) is 0 Å². The van der Waals surface area contributed by atoms with E-state index in [4.69, 9.17) is 5.73 Å². The molecule has 6 heteroatoms. The van der Waals surface area contributed by atoms with Crippen LogP contribution in [-0.2, 0) is 4.79 Å². The number of carbonyl (C=O) groups is 1. The molecule has 4 nitrogen and oxygen atoms in total. The lowest BCUT2D eigenvalue weighted by molar-refractivity contribution is -0.123. The van der Waals surface area contributed by atoms with Crippen molar-refractivity contribution in [2.45, 2.75) is 31.7 Å². The van der Waals surface area contributed by atoms with E-state index in [-0.39, 0.29) is 36.6 Å². The predicted molar refractivity (Wildman–Crippen MR) is 73.9 cm³/mol. The van der Waals surface area contributed by atoms with Gasteiger partial charge in [0.05, 0.1) is 0 Å². The van der Waals surface area contributed by atoms with E-state index >= 15 is 0 Å². The van der Waals surface area contributed by atoms with Gasteiger partial charge in [0.15, 0.2) is 0 Å². The summed E-state index contributed by atoms with van der Waals surface area (Å²) in [6.45, 7) is 4.39. The SMILES string of the molecule is Cl.Cl.NC(=O)C1CCN(C2CCNCC2)CC1. The van der Waals surface area contributed by atoms with Crippen LogP contribution in [0.2, 0.25) is 0 Å². The summed E-state index contributed by atoms with van der Waals surface area (Å²) in [7, 11) is 0. The van der Waals surface area contributed by atoms with Gasteiger partial charge < -0.3 is 16.0 Å². The van der Waals surface area contributed by atoms with Crippen molar-refractivity contribution in [1.29, 1.82) is 0 Å². The summed E-state index contributed by atoms with van der Waals surface area (Å²) >= 11 is 0. The maximum atomic E-state index is 11.0. The van der Waals surface area contributed by atoms with Crippen LogP contribution in [0.3, 0.4) is 0 Å². The van der Waals surface area contributed by atoms with Crippen LogP contribution in [0.4, 0.5) is 0 Å². The van der Waals surface area contributed by atoms with Crippen molar-refractivity contribution < 1.29 is 4.79 Å². The fourth-order valence-electron chi connectivity index (χ4n) is 2.72. The number of halogens is 2. The molecule has 0 radical (unpaired) electrons. The first-order chi connectivity index (χ1) is 7.27. The topological polar surface area (TPSA) is 58.4 Å². The fourth-order valence-corrected chi connectivity index (χ4v) is 2.72. The van der Waals surface area contributed by atoms with E-state index in [9.17, 15) is 4.79 Å². The van der Waals surface area contributed by atoms with E-state index in [0.29, 0.717) is 0 Å². The number of nitrogens with two attached hydrogens (primary N) is 1. The molecule has 0 bridgehead atoms. The molecule has 2 saturated heterocycles. The summed E-state index contributed by atoms with van der Waals surface area (Å²) in [5.74, 6) is 0.0166. The summed E-state index contributed by atoms with van der Waals surface area (Å²) in [5, 5.41) is 3.38. The van der Waals surface area contributed by atoms with Gasteiger partial charge >= 0.3 is 0 Å². The quantitative estimate of drug-likeness (QED) is 0.788. The third-order valence-electron chi connectivity index (χ3n) is 3.76. The van der Waals surface area contributed by atoms with Gasteiger partial charge in [-0.05, 0) is 51.9 Å². The Morgan fingerprint density at radius 3 is 2.06 bits per heavy atom. The third kappa shape index (κ3) is 4.62. The molecular weight excluding hydrogens is 261 g/mol. The summed E-state index contributed by atoms with van der Waals surface area (Å²) < 4.78 is 0. The van der Waals surface area contributed by atoms with E-state index < -0.39 is 0 Å². The first-order valence-corrected chi connectivity index (χ1v) is 6.01. The Morgan fingerprint density at radius 2 is 1.59 bits per heavy atom. The Labute approximate surface area is 115 Å². The second-order valence-corrected chi connectivity index (χ2v) is 4.69. The maximum absolute atomic E-state index is 11.0. The molecule has 2 aliphatic heterocycles. The number of hydrogen-bond donors (Lipinski definition) is 2. The van der Waals surface area contributed by atoms with Crippen LogP contribution in [0.15, 0.2) is 0 Å². The van der Waals surface area contributed by atoms with Crippen molar-refractivity contribution in [1.82, 2.24) is 10.2 Å². The first kappa shape index (κ1) is 17.0. The molecule has 2 aliphatic rings. The van der Waals surface area contributed by atoms with Crippen LogP contribution in [-0.4, -0.2) is 43.0 Å². The van der Waals surface area contributed by atoms with Crippen molar-refractivity contribution in [3.8, 4) is 0 Å². The molecule has 1 amide bonds. The molecule has 3 N–H and O–H groups in total.